The van der Waals surface area contributed by atoms with Crippen LogP contribution in [0.3, 0.4) is 0 Å². The van der Waals surface area contributed by atoms with E-state index in [-0.39, 0.29) is 37.6 Å². The Morgan fingerprint density at radius 2 is 0.967 bits per heavy atom. The number of ether oxygens (including phenoxy) is 2. The number of nitrogens with zero attached hydrogens (tertiary/aromatic N) is 4. The van der Waals surface area contributed by atoms with Crippen molar-refractivity contribution in [2.75, 3.05) is 14.2 Å². The van der Waals surface area contributed by atoms with Crippen molar-refractivity contribution in [1.29, 1.82) is 0 Å². The Bertz CT molecular complexity index is 2850. The highest BCUT2D eigenvalue weighted by Crippen LogP contribution is 2.35. The van der Waals surface area contributed by atoms with Gasteiger partial charge in [-0.05, 0) is 57.6 Å². The number of carbonyl (C=O) groups is 4. The zero-order valence-corrected chi connectivity index (χ0v) is 32.8. The third kappa shape index (κ3) is 8.67. The third-order valence-corrected chi connectivity index (χ3v) is 10.1. The molecular weight excluding hydrogens is 761 g/mol. The number of aromatic carboxylic acids is 1. The summed E-state index contributed by atoms with van der Waals surface area (Å²) in [5.41, 5.74) is 9.72. The van der Waals surface area contributed by atoms with E-state index < -0.39 is 17.9 Å². The van der Waals surface area contributed by atoms with Crippen molar-refractivity contribution in [2.45, 2.75) is 25.9 Å². The highest BCUT2D eigenvalue weighted by atomic mass is 16.5. The Morgan fingerprint density at radius 1 is 0.517 bits per heavy atom. The van der Waals surface area contributed by atoms with Gasteiger partial charge in [-0.1, -0.05) is 97.1 Å². The predicted octanol–water partition coefficient (Wildman–Crippen LogP) is 9.26. The normalized spacial score (nSPS) is 10.8. The van der Waals surface area contributed by atoms with E-state index in [1.807, 2.05) is 84.9 Å². The van der Waals surface area contributed by atoms with Gasteiger partial charge in [-0.15, -0.1) is 0 Å². The molecule has 0 bridgehead atoms. The van der Waals surface area contributed by atoms with Gasteiger partial charge in [0.05, 0.1) is 50.5 Å². The van der Waals surface area contributed by atoms with E-state index in [2.05, 4.69) is 34.2 Å². The standard InChI is InChI=1S/C25H22N2O4.C23H18N2O4/c1-30-24(28)11-12-27-22(25(29)31-2)14-20-21(15-26-16-23(20)27)19-10-6-9-18(13-19)17-7-4-3-5-8-17;26-22(27)9-10-25-20(23(28)29)12-18-19(13-24-14-21(18)25)17-8-4-7-16(11-17)15-5-2-1-3-6-15/h3-10,13-16H,11-12H2,1-2H3;1-8,11-14H,9-10H2,(H,26,27)(H,28,29). The van der Waals surface area contributed by atoms with Crippen molar-refractivity contribution in [3.8, 4) is 44.5 Å². The van der Waals surface area contributed by atoms with Crippen molar-refractivity contribution < 1.29 is 38.9 Å². The van der Waals surface area contributed by atoms with Crippen LogP contribution in [0.25, 0.3) is 66.3 Å². The number of benzene rings is 4. The average Bonchev–Trinajstić information content (AvgIpc) is 3.87. The number of rotatable bonds is 12. The minimum Gasteiger partial charge on any atom is -0.481 e. The Kier molecular flexibility index (Phi) is 12.2. The first-order valence-electron chi connectivity index (χ1n) is 19.0. The van der Waals surface area contributed by atoms with E-state index in [9.17, 15) is 24.3 Å². The highest BCUT2D eigenvalue weighted by Gasteiger charge is 2.21. The second-order valence-electron chi connectivity index (χ2n) is 13.8. The number of pyridine rings is 2. The van der Waals surface area contributed by atoms with Crippen molar-refractivity contribution in [2.24, 2.45) is 0 Å². The lowest BCUT2D eigenvalue weighted by Crippen LogP contribution is -2.13. The van der Waals surface area contributed by atoms with Crippen LogP contribution >= 0.6 is 0 Å². The molecule has 0 aliphatic rings. The van der Waals surface area contributed by atoms with Crippen molar-refractivity contribution in [3.63, 3.8) is 0 Å². The van der Waals surface area contributed by atoms with Gasteiger partial charge in [0, 0.05) is 47.4 Å². The van der Waals surface area contributed by atoms with Gasteiger partial charge in [0.2, 0.25) is 0 Å². The zero-order chi connectivity index (χ0) is 42.2. The summed E-state index contributed by atoms with van der Waals surface area (Å²) < 4.78 is 13.0. The molecule has 4 aromatic carbocycles. The number of hydrogen-bond donors (Lipinski definition) is 2. The minimum atomic E-state index is -1.10. The summed E-state index contributed by atoms with van der Waals surface area (Å²) >= 11 is 0. The Hall–Kier alpha value is -7.86. The molecule has 0 saturated carbocycles. The number of esters is 2. The maximum Gasteiger partial charge on any atom is 0.354 e. The molecular formula is C48H40N4O8. The molecule has 0 saturated heterocycles. The van der Waals surface area contributed by atoms with Gasteiger partial charge < -0.3 is 28.8 Å². The smallest absolute Gasteiger partial charge is 0.354 e. The number of aromatic nitrogens is 4. The lowest BCUT2D eigenvalue weighted by Gasteiger charge is -2.10. The maximum absolute atomic E-state index is 12.4. The third-order valence-electron chi connectivity index (χ3n) is 10.1. The number of carboxylic acid groups (broad SMARTS) is 2. The Morgan fingerprint density at radius 3 is 1.43 bits per heavy atom. The molecule has 0 atom stereocenters. The molecule has 8 rings (SSSR count). The second-order valence-corrected chi connectivity index (χ2v) is 13.8. The lowest BCUT2D eigenvalue weighted by atomic mass is 9.98. The fourth-order valence-corrected chi connectivity index (χ4v) is 7.24. The van der Waals surface area contributed by atoms with Gasteiger partial charge in [0.15, 0.2) is 0 Å². The van der Waals surface area contributed by atoms with E-state index in [1.165, 1.54) is 18.8 Å². The van der Waals surface area contributed by atoms with Crippen LogP contribution in [0.1, 0.15) is 33.8 Å². The van der Waals surface area contributed by atoms with Crippen LogP contribution < -0.4 is 0 Å². The van der Waals surface area contributed by atoms with E-state index >= 15 is 0 Å². The Balaban J connectivity index is 0.000000182. The molecule has 8 aromatic rings. The first kappa shape index (κ1) is 40.3. The van der Waals surface area contributed by atoms with Gasteiger partial charge in [0.25, 0.3) is 0 Å². The number of fused-ring (bicyclic) bond motifs is 2. The topological polar surface area (TPSA) is 163 Å². The molecule has 0 fully saturated rings. The molecule has 0 aliphatic heterocycles. The summed E-state index contributed by atoms with van der Waals surface area (Å²) in [6.45, 7) is 0.353. The lowest BCUT2D eigenvalue weighted by molar-refractivity contribution is -0.141. The molecule has 12 nitrogen and oxygen atoms in total. The minimum absolute atomic E-state index is 0.0507. The van der Waals surface area contributed by atoms with Crippen molar-refractivity contribution in [3.05, 3.63) is 158 Å². The Labute approximate surface area is 344 Å². The monoisotopic (exact) mass is 800 g/mol. The molecule has 4 aromatic heterocycles. The summed E-state index contributed by atoms with van der Waals surface area (Å²) in [5, 5.41) is 20.2. The molecule has 0 aliphatic carbocycles. The first-order chi connectivity index (χ1) is 29.2. The number of aryl methyl sites for hydroxylation is 2. The predicted molar refractivity (Wildman–Crippen MR) is 228 cm³/mol. The molecule has 0 unspecified atom stereocenters. The summed E-state index contributed by atoms with van der Waals surface area (Å²) in [6, 6.07) is 39.7. The number of carboxylic acids is 2. The number of aliphatic carboxylic acids is 1. The molecule has 12 heteroatoms. The van der Waals surface area contributed by atoms with Gasteiger partial charge in [-0.3, -0.25) is 19.6 Å². The molecule has 0 spiro atoms. The van der Waals surface area contributed by atoms with Crippen LogP contribution in [-0.2, 0) is 32.2 Å². The first-order valence-corrected chi connectivity index (χ1v) is 19.0. The van der Waals surface area contributed by atoms with Crippen LogP contribution in [0, 0.1) is 0 Å². The zero-order valence-electron chi connectivity index (χ0n) is 32.8. The van der Waals surface area contributed by atoms with E-state index in [0.29, 0.717) is 11.2 Å². The molecule has 4 heterocycles. The average molecular weight is 801 g/mol. The van der Waals surface area contributed by atoms with Crippen molar-refractivity contribution >= 4 is 45.7 Å². The highest BCUT2D eigenvalue weighted by molar-refractivity contribution is 6.03. The molecule has 0 radical (unpaired) electrons. The van der Waals surface area contributed by atoms with Crippen LogP contribution in [0.5, 0.6) is 0 Å². The van der Waals surface area contributed by atoms with Crippen LogP contribution in [0.4, 0.5) is 0 Å². The second kappa shape index (κ2) is 18.2. The number of carbonyl (C=O) groups excluding carboxylic acids is 2. The fraction of sp³-hybridized carbons (Fsp3) is 0.125. The van der Waals surface area contributed by atoms with Gasteiger partial charge in [-0.25, -0.2) is 9.59 Å². The molecule has 60 heavy (non-hydrogen) atoms. The largest absolute Gasteiger partial charge is 0.481 e. The van der Waals surface area contributed by atoms with Gasteiger partial charge in [0.1, 0.15) is 11.4 Å². The van der Waals surface area contributed by atoms with E-state index in [1.54, 1.807) is 41.5 Å². The van der Waals surface area contributed by atoms with Crippen molar-refractivity contribution in [1.82, 2.24) is 19.1 Å². The van der Waals surface area contributed by atoms with E-state index in [4.69, 9.17) is 14.6 Å². The SMILES string of the molecule is COC(=O)CCn1c(C(=O)OC)cc2c(-c3cccc(-c4ccccc4)c3)cncc21.O=C(O)CCn1c(C(=O)O)cc2c(-c3cccc(-c4ccccc4)c3)cncc21. The maximum atomic E-state index is 12.4. The van der Waals surface area contributed by atoms with Crippen LogP contribution in [-0.4, -0.2) is 67.4 Å². The molecule has 2 N–H and O–H groups in total. The summed E-state index contributed by atoms with van der Waals surface area (Å²) in [7, 11) is 2.68. The van der Waals surface area contributed by atoms with Gasteiger partial charge in [-0.2, -0.15) is 0 Å². The van der Waals surface area contributed by atoms with Gasteiger partial charge >= 0.3 is 23.9 Å². The summed E-state index contributed by atoms with van der Waals surface area (Å²) in [4.78, 5) is 55.5. The van der Waals surface area contributed by atoms with Crippen LogP contribution in [0.15, 0.2) is 146 Å². The molecule has 0 amide bonds. The number of methoxy groups -OCH3 is 2. The van der Waals surface area contributed by atoms with E-state index in [0.717, 1.165) is 60.8 Å². The summed E-state index contributed by atoms with van der Waals surface area (Å²) in [5.74, 6) is -2.90. The molecule has 300 valence electrons. The fourth-order valence-electron chi connectivity index (χ4n) is 7.24. The quantitative estimate of drug-likeness (QED) is 0.114. The van der Waals surface area contributed by atoms with Crippen LogP contribution in [0.2, 0.25) is 0 Å². The summed E-state index contributed by atoms with van der Waals surface area (Å²) in [6.07, 6.45) is 6.74. The number of hydrogen-bond acceptors (Lipinski definition) is 8.